The summed E-state index contributed by atoms with van der Waals surface area (Å²) in [6.45, 7) is 0. The molecule has 1 N–H and O–H groups in total. The van der Waals surface area contributed by atoms with E-state index in [1.807, 2.05) is 13.2 Å². The van der Waals surface area contributed by atoms with E-state index in [-0.39, 0.29) is 0 Å². The highest BCUT2D eigenvalue weighted by atomic mass is 35.5. The lowest BCUT2D eigenvalue weighted by atomic mass is 10.2. The van der Waals surface area contributed by atoms with E-state index in [4.69, 9.17) is 11.6 Å². The molecule has 1 aromatic heterocycles. The molecule has 0 aliphatic heterocycles. The van der Waals surface area contributed by atoms with Crippen LogP contribution in [0.5, 0.6) is 0 Å². The molecule has 1 aliphatic carbocycles. The molecule has 0 spiro atoms. The zero-order valence-corrected chi connectivity index (χ0v) is 8.46. The zero-order chi connectivity index (χ0) is 9.26. The maximum atomic E-state index is 5.97. The molecule has 2 rings (SSSR count). The number of nitrogens with zero attached hydrogens (tertiary/aromatic N) is 2. The second-order valence-corrected chi connectivity index (χ2v) is 3.84. The van der Waals surface area contributed by atoms with Crippen LogP contribution in [0.2, 0.25) is 5.28 Å². The van der Waals surface area contributed by atoms with Crippen molar-refractivity contribution in [1.82, 2.24) is 14.9 Å². The summed E-state index contributed by atoms with van der Waals surface area (Å²) in [5.41, 5.74) is 0. The Morgan fingerprint density at radius 3 is 3.08 bits per heavy atom. The summed E-state index contributed by atoms with van der Waals surface area (Å²) in [6.07, 6.45) is 7.41. The number of hydrogen-bond acceptors (Lipinski definition) is 2. The second kappa shape index (κ2) is 3.68. The van der Waals surface area contributed by atoms with Crippen LogP contribution in [0.3, 0.4) is 0 Å². The standard InChI is InChI=1S/C9H14ClN3/c1-11-7-3-2-4-8(7)13-6-5-12-9(13)10/h5-8,11H,2-4H2,1H3. The fraction of sp³-hybridized carbons (Fsp3) is 0.667. The highest BCUT2D eigenvalue weighted by Gasteiger charge is 2.28. The fourth-order valence-electron chi connectivity index (χ4n) is 2.15. The smallest absolute Gasteiger partial charge is 0.202 e. The fourth-order valence-corrected chi connectivity index (χ4v) is 2.39. The molecule has 0 amide bonds. The van der Waals surface area contributed by atoms with E-state index in [1.165, 1.54) is 19.3 Å². The largest absolute Gasteiger partial charge is 0.317 e. The van der Waals surface area contributed by atoms with Gasteiger partial charge in [-0.1, -0.05) is 0 Å². The summed E-state index contributed by atoms with van der Waals surface area (Å²) >= 11 is 5.97. The minimum atomic E-state index is 0.486. The maximum Gasteiger partial charge on any atom is 0.202 e. The number of imidazole rings is 1. The predicted molar refractivity (Wildman–Crippen MR) is 53.0 cm³/mol. The van der Waals surface area contributed by atoms with Crippen LogP contribution in [0.4, 0.5) is 0 Å². The van der Waals surface area contributed by atoms with Gasteiger partial charge in [0.25, 0.3) is 0 Å². The first-order valence-electron chi connectivity index (χ1n) is 4.68. The molecule has 0 radical (unpaired) electrons. The molecule has 1 aliphatic rings. The van der Waals surface area contributed by atoms with Crippen LogP contribution in [0.25, 0.3) is 0 Å². The molecule has 4 heteroatoms. The van der Waals surface area contributed by atoms with Crippen LogP contribution in [-0.4, -0.2) is 22.6 Å². The molecule has 3 nitrogen and oxygen atoms in total. The quantitative estimate of drug-likeness (QED) is 0.788. The lowest BCUT2D eigenvalue weighted by Gasteiger charge is -2.20. The van der Waals surface area contributed by atoms with Crippen LogP contribution in [-0.2, 0) is 0 Å². The van der Waals surface area contributed by atoms with Crippen LogP contribution in [0.15, 0.2) is 12.4 Å². The van der Waals surface area contributed by atoms with Gasteiger partial charge in [-0.25, -0.2) is 4.98 Å². The molecule has 2 atom stereocenters. The zero-order valence-electron chi connectivity index (χ0n) is 7.70. The Morgan fingerprint density at radius 2 is 2.46 bits per heavy atom. The van der Waals surface area contributed by atoms with Crippen molar-refractivity contribution in [2.75, 3.05) is 7.05 Å². The van der Waals surface area contributed by atoms with Crippen molar-refractivity contribution in [1.29, 1.82) is 0 Å². The first-order chi connectivity index (χ1) is 6.33. The lowest BCUT2D eigenvalue weighted by molar-refractivity contribution is 0.415. The van der Waals surface area contributed by atoms with Crippen molar-refractivity contribution in [3.63, 3.8) is 0 Å². The number of aromatic nitrogens is 2. The minimum absolute atomic E-state index is 0.486. The van der Waals surface area contributed by atoms with Gasteiger partial charge in [0.15, 0.2) is 0 Å². The van der Waals surface area contributed by atoms with Gasteiger partial charge in [0.1, 0.15) is 0 Å². The molecular formula is C9H14ClN3. The molecule has 72 valence electrons. The highest BCUT2D eigenvalue weighted by molar-refractivity contribution is 6.28. The Balaban J connectivity index is 2.20. The summed E-state index contributed by atoms with van der Waals surface area (Å²) in [6, 6.07) is 1.03. The maximum absolute atomic E-state index is 5.97. The van der Waals surface area contributed by atoms with Crippen molar-refractivity contribution >= 4 is 11.6 Å². The number of halogens is 1. The summed E-state index contributed by atoms with van der Waals surface area (Å²) in [7, 11) is 2.01. The Kier molecular flexibility index (Phi) is 2.56. The van der Waals surface area contributed by atoms with E-state index in [1.54, 1.807) is 6.20 Å². The molecule has 0 saturated heterocycles. The topological polar surface area (TPSA) is 29.9 Å². The predicted octanol–water partition coefficient (Wildman–Crippen LogP) is 1.85. The van der Waals surface area contributed by atoms with E-state index in [0.717, 1.165) is 0 Å². The van der Waals surface area contributed by atoms with Crippen LogP contribution >= 0.6 is 11.6 Å². The Hall–Kier alpha value is -0.540. The van der Waals surface area contributed by atoms with Gasteiger partial charge in [0, 0.05) is 18.4 Å². The Labute approximate surface area is 83.1 Å². The van der Waals surface area contributed by atoms with Crippen LogP contribution in [0.1, 0.15) is 25.3 Å². The van der Waals surface area contributed by atoms with Crippen molar-refractivity contribution in [3.05, 3.63) is 17.7 Å². The first kappa shape index (κ1) is 9.03. The van der Waals surface area contributed by atoms with Gasteiger partial charge >= 0.3 is 0 Å². The summed E-state index contributed by atoms with van der Waals surface area (Å²) in [5, 5.41) is 3.93. The van der Waals surface area contributed by atoms with E-state index < -0.39 is 0 Å². The molecule has 2 unspecified atom stereocenters. The normalized spacial score (nSPS) is 28.2. The third-order valence-corrected chi connectivity index (χ3v) is 3.12. The van der Waals surface area contributed by atoms with Gasteiger partial charge in [-0.3, -0.25) is 0 Å². The average Bonchev–Trinajstić information content (AvgIpc) is 2.71. The molecule has 1 heterocycles. The molecular weight excluding hydrogens is 186 g/mol. The molecule has 1 aromatic rings. The summed E-state index contributed by atoms with van der Waals surface area (Å²) in [5.74, 6) is 0. The van der Waals surface area contributed by atoms with Crippen molar-refractivity contribution in [3.8, 4) is 0 Å². The molecule has 0 bridgehead atoms. The lowest BCUT2D eigenvalue weighted by Crippen LogP contribution is -2.30. The molecule has 1 fully saturated rings. The van der Waals surface area contributed by atoms with Crippen molar-refractivity contribution in [2.24, 2.45) is 0 Å². The first-order valence-corrected chi connectivity index (χ1v) is 5.06. The Bertz CT molecular complexity index is 284. The monoisotopic (exact) mass is 199 g/mol. The van der Waals surface area contributed by atoms with Crippen molar-refractivity contribution in [2.45, 2.75) is 31.3 Å². The van der Waals surface area contributed by atoms with Gasteiger partial charge in [0.2, 0.25) is 5.28 Å². The van der Waals surface area contributed by atoms with Gasteiger partial charge in [-0.05, 0) is 37.9 Å². The second-order valence-electron chi connectivity index (χ2n) is 3.50. The minimum Gasteiger partial charge on any atom is -0.317 e. The highest BCUT2D eigenvalue weighted by Crippen LogP contribution is 2.31. The summed E-state index contributed by atoms with van der Waals surface area (Å²) < 4.78 is 2.07. The van der Waals surface area contributed by atoms with E-state index in [9.17, 15) is 0 Å². The summed E-state index contributed by atoms with van der Waals surface area (Å²) in [4.78, 5) is 4.03. The average molecular weight is 200 g/mol. The SMILES string of the molecule is CNC1CCCC1n1ccnc1Cl. The number of likely N-dealkylation sites (N-methyl/N-ethyl adjacent to an activating group) is 1. The van der Waals surface area contributed by atoms with Crippen molar-refractivity contribution < 1.29 is 0 Å². The van der Waals surface area contributed by atoms with Gasteiger partial charge in [-0.2, -0.15) is 0 Å². The molecule has 0 aromatic carbocycles. The number of nitrogens with one attached hydrogen (secondary N) is 1. The van der Waals surface area contributed by atoms with Crippen LogP contribution in [0, 0.1) is 0 Å². The van der Waals surface area contributed by atoms with Crippen LogP contribution < -0.4 is 5.32 Å². The number of hydrogen-bond donors (Lipinski definition) is 1. The van der Waals surface area contributed by atoms with Gasteiger partial charge in [0.05, 0.1) is 6.04 Å². The third kappa shape index (κ3) is 1.58. The van der Waals surface area contributed by atoms with E-state index in [2.05, 4.69) is 14.9 Å². The Morgan fingerprint density at radius 1 is 1.62 bits per heavy atom. The number of rotatable bonds is 2. The van der Waals surface area contributed by atoms with Gasteiger partial charge < -0.3 is 9.88 Å². The van der Waals surface area contributed by atoms with E-state index >= 15 is 0 Å². The molecule has 13 heavy (non-hydrogen) atoms. The molecule has 1 saturated carbocycles. The van der Waals surface area contributed by atoms with E-state index in [0.29, 0.717) is 17.4 Å². The van der Waals surface area contributed by atoms with Gasteiger partial charge in [-0.15, -0.1) is 0 Å². The third-order valence-electron chi connectivity index (χ3n) is 2.83.